The summed E-state index contributed by atoms with van der Waals surface area (Å²) in [6, 6.07) is 3.64. The highest BCUT2D eigenvalue weighted by Crippen LogP contribution is 2.28. The minimum atomic E-state index is -1.28. The van der Waals surface area contributed by atoms with E-state index in [9.17, 15) is 19.5 Å². The van der Waals surface area contributed by atoms with Crippen molar-refractivity contribution in [2.24, 2.45) is 0 Å². The van der Waals surface area contributed by atoms with Crippen molar-refractivity contribution in [3.8, 4) is 11.5 Å². The summed E-state index contributed by atoms with van der Waals surface area (Å²) in [6.07, 6.45) is 1.38. The summed E-state index contributed by atoms with van der Waals surface area (Å²) >= 11 is 0. The molecule has 22 heavy (non-hydrogen) atoms. The Kier molecular flexibility index (Phi) is 4.31. The first-order valence-corrected chi connectivity index (χ1v) is 6.44. The highest BCUT2D eigenvalue weighted by molar-refractivity contribution is 6.15. The lowest BCUT2D eigenvalue weighted by Gasteiger charge is -2.07. The largest absolute Gasteiger partial charge is 0.504 e. The molecule has 8 nitrogen and oxygen atoms in total. The van der Waals surface area contributed by atoms with Crippen LogP contribution in [0.15, 0.2) is 23.9 Å². The van der Waals surface area contributed by atoms with E-state index >= 15 is 0 Å². The molecule has 1 aromatic carbocycles. The first kappa shape index (κ1) is 15.4. The predicted molar refractivity (Wildman–Crippen MR) is 75.1 cm³/mol. The average Bonchev–Trinajstić information content (AvgIpc) is 2.70. The van der Waals surface area contributed by atoms with Gasteiger partial charge >= 0.3 is 12.0 Å². The van der Waals surface area contributed by atoms with E-state index in [4.69, 9.17) is 9.84 Å². The van der Waals surface area contributed by atoms with Crippen LogP contribution in [0.5, 0.6) is 11.5 Å². The number of urea groups is 1. The van der Waals surface area contributed by atoms with Crippen LogP contribution in [-0.4, -0.2) is 46.2 Å². The Morgan fingerprint density at radius 3 is 2.77 bits per heavy atom. The average molecular weight is 306 g/mol. The van der Waals surface area contributed by atoms with Gasteiger partial charge in [0.25, 0.3) is 5.91 Å². The zero-order valence-corrected chi connectivity index (χ0v) is 11.7. The van der Waals surface area contributed by atoms with E-state index < -0.39 is 24.5 Å². The molecule has 8 heteroatoms. The van der Waals surface area contributed by atoms with Gasteiger partial charge < -0.3 is 20.3 Å². The predicted octanol–water partition coefficient (Wildman–Crippen LogP) is 0.768. The molecule has 0 unspecified atom stereocenters. The number of rotatable bonds is 5. The molecule has 3 N–H and O–H groups in total. The molecule has 0 saturated carbocycles. The van der Waals surface area contributed by atoms with Gasteiger partial charge in [-0.25, -0.2) is 9.69 Å². The maximum Gasteiger partial charge on any atom is 0.329 e. The maximum absolute atomic E-state index is 12.0. The molecule has 0 bridgehead atoms. The zero-order chi connectivity index (χ0) is 16.3. The number of carboxylic acids is 1. The van der Waals surface area contributed by atoms with Gasteiger partial charge in [0.15, 0.2) is 11.5 Å². The number of aliphatic carboxylic acids is 1. The highest BCUT2D eigenvalue weighted by atomic mass is 16.5. The fraction of sp³-hybridized carbons (Fsp3) is 0.214. The topological polar surface area (TPSA) is 116 Å². The molecule has 0 atom stereocenters. The second-order valence-electron chi connectivity index (χ2n) is 4.43. The second kappa shape index (κ2) is 6.17. The summed E-state index contributed by atoms with van der Waals surface area (Å²) in [7, 11) is 0. The molecule has 0 radical (unpaired) electrons. The third-order valence-corrected chi connectivity index (χ3v) is 2.85. The number of benzene rings is 1. The number of carbonyl (C=O) groups is 3. The molecule has 0 spiro atoms. The lowest BCUT2D eigenvalue weighted by atomic mass is 10.1. The Morgan fingerprint density at radius 2 is 2.14 bits per heavy atom. The minimum Gasteiger partial charge on any atom is -0.504 e. The Bertz CT molecular complexity index is 667. The highest BCUT2D eigenvalue weighted by Gasteiger charge is 2.34. The van der Waals surface area contributed by atoms with Crippen LogP contribution in [0.2, 0.25) is 0 Å². The van der Waals surface area contributed by atoms with Crippen molar-refractivity contribution in [2.75, 3.05) is 13.2 Å². The lowest BCUT2D eigenvalue weighted by molar-refractivity contribution is -0.140. The minimum absolute atomic E-state index is 0.0422. The molecular formula is C14H14N2O6. The number of nitrogens with one attached hydrogen (secondary N) is 1. The summed E-state index contributed by atoms with van der Waals surface area (Å²) in [5, 5.41) is 20.6. The number of carboxylic acid groups (broad SMARTS) is 1. The van der Waals surface area contributed by atoms with Crippen LogP contribution in [0.25, 0.3) is 6.08 Å². The molecule has 1 heterocycles. The van der Waals surface area contributed by atoms with Gasteiger partial charge in [0.2, 0.25) is 0 Å². The van der Waals surface area contributed by atoms with Gasteiger partial charge in [-0.05, 0) is 30.7 Å². The molecule has 0 aromatic heterocycles. The molecule has 1 aromatic rings. The van der Waals surface area contributed by atoms with Crippen molar-refractivity contribution in [3.63, 3.8) is 0 Å². The zero-order valence-electron chi connectivity index (χ0n) is 11.7. The first-order chi connectivity index (χ1) is 10.4. The summed E-state index contributed by atoms with van der Waals surface area (Å²) in [5.74, 6) is -1.80. The van der Waals surface area contributed by atoms with Crippen LogP contribution in [-0.2, 0) is 9.59 Å². The lowest BCUT2D eigenvalue weighted by Crippen LogP contribution is -2.35. The summed E-state index contributed by atoms with van der Waals surface area (Å²) < 4.78 is 5.22. The Labute approximate surface area is 125 Å². The van der Waals surface area contributed by atoms with Gasteiger partial charge in [0, 0.05) is 0 Å². The van der Waals surface area contributed by atoms with Gasteiger partial charge in [-0.2, -0.15) is 0 Å². The van der Waals surface area contributed by atoms with Crippen molar-refractivity contribution in [1.82, 2.24) is 10.2 Å². The number of phenolic OH excluding ortho intramolecular Hbond substituents is 1. The van der Waals surface area contributed by atoms with Gasteiger partial charge in [0.05, 0.1) is 6.61 Å². The Balaban J connectivity index is 2.26. The van der Waals surface area contributed by atoms with E-state index in [0.29, 0.717) is 17.1 Å². The first-order valence-electron chi connectivity index (χ1n) is 6.44. The normalized spacial score (nSPS) is 16.0. The SMILES string of the molecule is CCOc1cc(/C=C2/NC(=O)N(CC(=O)O)C2=O)ccc1O. The summed E-state index contributed by atoms with van der Waals surface area (Å²) in [4.78, 5) is 34.8. The molecular weight excluding hydrogens is 292 g/mol. The van der Waals surface area contributed by atoms with Crippen LogP contribution < -0.4 is 10.1 Å². The molecule has 0 aliphatic carbocycles. The third-order valence-electron chi connectivity index (χ3n) is 2.85. The van der Waals surface area contributed by atoms with Gasteiger partial charge in [-0.3, -0.25) is 9.59 Å². The van der Waals surface area contributed by atoms with Crippen molar-refractivity contribution in [2.45, 2.75) is 6.92 Å². The van der Waals surface area contributed by atoms with E-state index in [1.54, 1.807) is 6.92 Å². The maximum atomic E-state index is 12.0. The number of hydrogen-bond acceptors (Lipinski definition) is 5. The number of hydrogen-bond donors (Lipinski definition) is 3. The molecule has 1 fully saturated rings. The van der Waals surface area contributed by atoms with Gasteiger partial charge in [-0.1, -0.05) is 6.07 Å². The number of carbonyl (C=O) groups excluding carboxylic acids is 2. The van der Waals surface area contributed by atoms with Crippen molar-refractivity contribution >= 4 is 24.0 Å². The van der Waals surface area contributed by atoms with Crippen LogP contribution in [0.3, 0.4) is 0 Å². The van der Waals surface area contributed by atoms with Crippen LogP contribution in [0.1, 0.15) is 12.5 Å². The van der Waals surface area contributed by atoms with Crippen molar-refractivity contribution in [1.29, 1.82) is 0 Å². The van der Waals surface area contributed by atoms with E-state index in [-0.39, 0.29) is 17.2 Å². The van der Waals surface area contributed by atoms with Gasteiger partial charge in [0.1, 0.15) is 12.2 Å². The molecule has 1 aliphatic heterocycles. The van der Waals surface area contributed by atoms with Crippen molar-refractivity contribution in [3.05, 3.63) is 29.5 Å². The summed E-state index contributed by atoms with van der Waals surface area (Å²) in [5.41, 5.74) is 0.474. The van der Waals surface area contributed by atoms with Crippen molar-refractivity contribution < 1.29 is 29.3 Å². The van der Waals surface area contributed by atoms with Crippen LogP contribution in [0.4, 0.5) is 4.79 Å². The molecule has 1 aliphatic rings. The van der Waals surface area contributed by atoms with E-state index in [2.05, 4.69) is 5.32 Å². The fourth-order valence-corrected chi connectivity index (χ4v) is 1.91. The third kappa shape index (κ3) is 3.17. The molecule has 2 rings (SSSR count). The molecule has 1 saturated heterocycles. The number of phenols is 1. The molecule has 3 amide bonds. The standard InChI is InChI=1S/C14H14N2O6/c1-2-22-11-6-8(3-4-10(11)17)5-9-13(20)16(7-12(18)19)14(21)15-9/h3-6,17H,2,7H2,1H3,(H,15,21)(H,18,19)/b9-5+. The number of nitrogens with zero attached hydrogens (tertiary/aromatic N) is 1. The Hall–Kier alpha value is -3.03. The smallest absolute Gasteiger partial charge is 0.329 e. The summed E-state index contributed by atoms with van der Waals surface area (Å²) in [6.45, 7) is 1.41. The number of imide groups is 1. The monoisotopic (exact) mass is 306 g/mol. The quantitative estimate of drug-likeness (QED) is 0.546. The number of aromatic hydroxyl groups is 1. The van der Waals surface area contributed by atoms with E-state index in [0.717, 1.165) is 0 Å². The second-order valence-corrected chi connectivity index (χ2v) is 4.43. The van der Waals surface area contributed by atoms with E-state index in [1.165, 1.54) is 24.3 Å². The van der Waals surface area contributed by atoms with E-state index in [1.807, 2.05) is 0 Å². The number of ether oxygens (including phenoxy) is 1. The number of amides is 3. The van der Waals surface area contributed by atoms with Gasteiger partial charge in [-0.15, -0.1) is 0 Å². The van der Waals surface area contributed by atoms with Crippen LogP contribution >= 0.6 is 0 Å². The van der Waals surface area contributed by atoms with Crippen LogP contribution in [0, 0.1) is 0 Å². The fourth-order valence-electron chi connectivity index (χ4n) is 1.91. The Morgan fingerprint density at radius 1 is 1.41 bits per heavy atom. The molecule has 116 valence electrons.